The van der Waals surface area contributed by atoms with Gasteiger partial charge < -0.3 is 10.2 Å². The Bertz CT molecular complexity index is 637. The second kappa shape index (κ2) is 5.65. The van der Waals surface area contributed by atoms with Crippen LogP contribution in [0, 0.1) is 5.82 Å². The molecule has 3 rings (SSSR count). The first-order valence-corrected chi connectivity index (χ1v) is 6.97. The van der Waals surface area contributed by atoms with Crippen molar-refractivity contribution < 1.29 is 9.18 Å². The third-order valence-electron chi connectivity index (χ3n) is 3.66. The zero-order chi connectivity index (χ0) is 14.8. The number of amides is 1. The molecule has 21 heavy (non-hydrogen) atoms. The molecule has 0 spiro atoms. The predicted molar refractivity (Wildman–Crippen MR) is 77.3 cm³/mol. The van der Waals surface area contributed by atoms with E-state index in [4.69, 9.17) is 0 Å². The van der Waals surface area contributed by atoms with Gasteiger partial charge in [0.1, 0.15) is 5.82 Å². The fraction of sp³-hybridized carbons (Fsp3) is 0.333. The first kappa shape index (κ1) is 13.8. The van der Waals surface area contributed by atoms with Gasteiger partial charge in [-0.15, -0.1) is 0 Å². The molecule has 0 radical (unpaired) electrons. The maximum absolute atomic E-state index is 13.0. The lowest BCUT2D eigenvalue weighted by Gasteiger charge is -2.31. The molecule has 1 amide bonds. The Hall–Kier alpha value is -2.21. The topological polar surface area (TPSA) is 61.0 Å². The Morgan fingerprint density at radius 3 is 2.86 bits per heavy atom. The summed E-state index contributed by atoms with van der Waals surface area (Å²) in [6.45, 7) is 4.19. The first-order chi connectivity index (χ1) is 10.1. The van der Waals surface area contributed by atoms with Crippen molar-refractivity contribution in [2.75, 3.05) is 19.6 Å². The summed E-state index contributed by atoms with van der Waals surface area (Å²) >= 11 is 0. The molecule has 1 aromatic carbocycles. The Morgan fingerprint density at radius 1 is 1.38 bits per heavy atom. The Balaban J connectivity index is 1.88. The molecule has 2 heterocycles. The van der Waals surface area contributed by atoms with Gasteiger partial charge in [-0.2, -0.15) is 5.10 Å². The van der Waals surface area contributed by atoms with E-state index in [1.807, 2.05) is 4.90 Å². The quantitative estimate of drug-likeness (QED) is 0.883. The molecule has 1 atom stereocenters. The van der Waals surface area contributed by atoms with Crippen LogP contribution in [0.1, 0.15) is 17.3 Å². The number of H-pyrrole nitrogens is 1. The molecule has 1 saturated heterocycles. The number of aromatic nitrogens is 2. The minimum Gasteiger partial charge on any atom is -0.336 e. The molecule has 0 saturated carbocycles. The van der Waals surface area contributed by atoms with Crippen molar-refractivity contribution in [2.24, 2.45) is 0 Å². The van der Waals surface area contributed by atoms with Crippen LogP contribution in [-0.4, -0.2) is 46.7 Å². The van der Waals surface area contributed by atoms with Crippen LogP contribution in [0.25, 0.3) is 11.3 Å². The third-order valence-corrected chi connectivity index (χ3v) is 3.66. The number of hydrogen-bond acceptors (Lipinski definition) is 3. The zero-order valence-electron chi connectivity index (χ0n) is 11.8. The molecule has 0 aliphatic carbocycles. The highest BCUT2D eigenvalue weighted by Crippen LogP contribution is 2.23. The molecule has 6 heteroatoms. The summed E-state index contributed by atoms with van der Waals surface area (Å²) in [6.07, 6.45) is 1.54. The Labute approximate surface area is 122 Å². The number of carbonyl (C=O) groups is 1. The van der Waals surface area contributed by atoms with Crippen LogP contribution in [0.3, 0.4) is 0 Å². The minimum absolute atomic E-state index is 0.0450. The number of halogens is 1. The minimum atomic E-state index is -0.304. The lowest BCUT2D eigenvalue weighted by atomic mass is 10.1. The molecular formula is C15H17FN4O. The number of carbonyl (C=O) groups excluding carboxylic acids is 1. The highest BCUT2D eigenvalue weighted by Gasteiger charge is 2.24. The predicted octanol–water partition coefficient (Wildman–Crippen LogP) is 1.65. The van der Waals surface area contributed by atoms with Crippen molar-refractivity contribution >= 4 is 5.91 Å². The number of piperazine rings is 1. The standard InChI is InChI=1S/C15H17FN4O/c1-10-9-20(7-6-17-10)15(21)13-8-18-19-14(13)11-2-4-12(16)5-3-11/h2-5,8,10,17H,6-7,9H2,1H3,(H,18,19). The number of benzene rings is 1. The van der Waals surface area contributed by atoms with Crippen molar-refractivity contribution in [1.82, 2.24) is 20.4 Å². The molecule has 1 unspecified atom stereocenters. The summed E-state index contributed by atoms with van der Waals surface area (Å²) in [5.74, 6) is -0.349. The van der Waals surface area contributed by atoms with E-state index in [0.717, 1.165) is 12.1 Å². The van der Waals surface area contributed by atoms with Crippen molar-refractivity contribution in [3.63, 3.8) is 0 Å². The molecule has 2 N–H and O–H groups in total. The first-order valence-electron chi connectivity index (χ1n) is 6.97. The Kier molecular flexibility index (Phi) is 3.70. The van der Waals surface area contributed by atoms with Crippen molar-refractivity contribution in [1.29, 1.82) is 0 Å². The van der Waals surface area contributed by atoms with Crippen LogP contribution in [0.4, 0.5) is 4.39 Å². The SMILES string of the molecule is CC1CN(C(=O)c2cn[nH]c2-c2ccc(F)cc2)CCN1. The van der Waals surface area contributed by atoms with Gasteiger partial charge in [0.25, 0.3) is 5.91 Å². The molecule has 1 fully saturated rings. The average Bonchev–Trinajstić information content (AvgIpc) is 2.96. The van der Waals surface area contributed by atoms with Crippen LogP contribution in [0.5, 0.6) is 0 Å². The molecule has 1 aromatic heterocycles. The van der Waals surface area contributed by atoms with Crippen LogP contribution in [0.2, 0.25) is 0 Å². The van der Waals surface area contributed by atoms with E-state index in [1.54, 1.807) is 12.1 Å². The van der Waals surface area contributed by atoms with Crippen molar-refractivity contribution in [3.8, 4) is 11.3 Å². The third kappa shape index (κ3) is 2.80. The van der Waals surface area contributed by atoms with E-state index in [1.165, 1.54) is 18.3 Å². The molecular weight excluding hydrogens is 271 g/mol. The summed E-state index contributed by atoms with van der Waals surface area (Å²) in [4.78, 5) is 14.5. The van der Waals surface area contributed by atoms with E-state index >= 15 is 0 Å². The molecule has 1 aliphatic heterocycles. The van der Waals surface area contributed by atoms with Crippen LogP contribution < -0.4 is 5.32 Å². The van der Waals surface area contributed by atoms with Crippen LogP contribution in [0.15, 0.2) is 30.5 Å². The van der Waals surface area contributed by atoms with Gasteiger partial charge in [-0.1, -0.05) is 0 Å². The van der Waals surface area contributed by atoms with Crippen LogP contribution >= 0.6 is 0 Å². The van der Waals surface area contributed by atoms with Gasteiger partial charge in [0, 0.05) is 31.2 Å². The largest absolute Gasteiger partial charge is 0.336 e. The second-order valence-electron chi connectivity index (χ2n) is 5.27. The van der Waals surface area contributed by atoms with Gasteiger partial charge in [0.2, 0.25) is 0 Å². The van der Waals surface area contributed by atoms with Gasteiger partial charge >= 0.3 is 0 Å². The molecule has 2 aromatic rings. The van der Waals surface area contributed by atoms with E-state index in [2.05, 4.69) is 22.4 Å². The summed E-state index contributed by atoms with van der Waals surface area (Å²) in [7, 11) is 0. The fourth-order valence-electron chi connectivity index (χ4n) is 2.57. The highest BCUT2D eigenvalue weighted by atomic mass is 19.1. The van der Waals surface area contributed by atoms with E-state index in [0.29, 0.717) is 24.3 Å². The Morgan fingerprint density at radius 2 is 2.14 bits per heavy atom. The monoisotopic (exact) mass is 288 g/mol. The molecule has 110 valence electrons. The van der Waals surface area contributed by atoms with Gasteiger partial charge in [0.15, 0.2) is 0 Å². The van der Waals surface area contributed by atoms with Crippen molar-refractivity contribution in [3.05, 3.63) is 41.8 Å². The van der Waals surface area contributed by atoms with E-state index < -0.39 is 0 Å². The summed E-state index contributed by atoms with van der Waals surface area (Å²) < 4.78 is 13.0. The number of hydrogen-bond donors (Lipinski definition) is 2. The zero-order valence-corrected chi connectivity index (χ0v) is 11.8. The second-order valence-corrected chi connectivity index (χ2v) is 5.27. The van der Waals surface area contributed by atoms with Gasteiger partial charge in [-0.25, -0.2) is 4.39 Å². The molecule has 0 bridgehead atoms. The van der Waals surface area contributed by atoms with Crippen LogP contribution in [-0.2, 0) is 0 Å². The lowest BCUT2D eigenvalue weighted by Crippen LogP contribution is -2.51. The highest BCUT2D eigenvalue weighted by molar-refractivity contribution is 5.99. The lowest BCUT2D eigenvalue weighted by molar-refractivity contribution is 0.0710. The van der Waals surface area contributed by atoms with Crippen molar-refractivity contribution in [2.45, 2.75) is 13.0 Å². The summed E-state index contributed by atoms with van der Waals surface area (Å²) in [5, 5.41) is 10.1. The summed E-state index contributed by atoms with van der Waals surface area (Å²) in [5.41, 5.74) is 1.90. The average molecular weight is 288 g/mol. The van der Waals surface area contributed by atoms with Gasteiger partial charge in [-0.3, -0.25) is 9.89 Å². The smallest absolute Gasteiger partial charge is 0.257 e. The summed E-state index contributed by atoms with van der Waals surface area (Å²) in [6, 6.07) is 6.30. The maximum atomic E-state index is 13.0. The van der Waals surface area contributed by atoms with E-state index in [9.17, 15) is 9.18 Å². The van der Waals surface area contributed by atoms with Gasteiger partial charge in [-0.05, 0) is 31.2 Å². The fourth-order valence-corrected chi connectivity index (χ4v) is 2.57. The number of rotatable bonds is 2. The van der Waals surface area contributed by atoms with Gasteiger partial charge in [0.05, 0.1) is 17.5 Å². The number of nitrogens with zero attached hydrogens (tertiary/aromatic N) is 2. The normalized spacial score (nSPS) is 18.8. The molecule has 1 aliphatic rings. The maximum Gasteiger partial charge on any atom is 0.257 e. The van der Waals surface area contributed by atoms with E-state index in [-0.39, 0.29) is 17.8 Å². The number of nitrogens with one attached hydrogen (secondary N) is 2. The number of aromatic amines is 1. The molecule has 5 nitrogen and oxygen atoms in total.